The van der Waals surface area contributed by atoms with Gasteiger partial charge in [-0.25, -0.2) is 0 Å². The van der Waals surface area contributed by atoms with Crippen molar-refractivity contribution in [2.45, 2.75) is 104 Å². The van der Waals surface area contributed by atoms with Crippen molar-refractivity contribution in [3.8, 4) is 11.8 Å². The number of ether oxygens (including phenoxy) is 1. The summed E-state index contributed by atoms with van der Waals surface area (Å²) in [4.78, 5) is 14.2. The van der Waals surface area contributed by atoms with Crippen molar-refractivity contribution in [3.05, 3.63) is 62.6 Å². The van der Waals surface area contributed by atoms with Gasteiger partial charge >= 0.3 is 0 Å². The molecule has 0 saturated heterocycles. The van der Waals surface area contributed by atoms with Gasteiger partial charge in [-0.2, -0.15) is 5.26 Å². The third-order valence-electron chi connectivity index (χ3n) is 6.59. The van der Waals surface area contributed by atoms with Crippen LogP contribution in [-0.4, -0.2) is 30.4 Å². The zero-order valence-electron chi connectivity index (χ0n) is 22.8. The smallest absolute Gasteiger partial charge is 0.257 e. The molecule has 0 bridgehead atoms. The number of nitriles is 1. The predicted octanol–water partition coefficient (Wildman–Crippen LogP) is 4.94. The highest BCUT2D eigenvalue weighted by Crippen LogP contribution is 2.43. The summed E-state index contributed by atoms with van der Waals surface area (Å²) in [7, 11) is -1.40. The molecule has 190 valence electrons. The van der Waals surface area contributed by atoms with E-state index >= 15 is 0 Å². The van der Waals surface area contributed by atoms with E-state index in [1.807, 2.05) is 20.0 Å². The summed E-state index contributed by atoms with van der Waals surface area (Å²) in [5.74, 6) is 0.570. The number of nitrogens with zero attached hydrogens (tertiary/aromatic N) is 2. The molecule has 0 radical (unpaired) electrons. The number of aliphatic hydroxyl groups excluding tert-OH is 1. The molecule has 0 aliphatic carbocycles. The van der Waals surface area contributed by atoms with Crippen LogP contribution in [0.1, 0.15) is 89.2 Å². The van der Waals surface area contributed by atoms with Crippen molar-refractivity contribution in [2.24, 2.45) is 0 Å². The summed E-state index contributed by atoms with van der Waals surface area (Å²) in [6.45, 7) is 20.9. The number of hydrogen-bond donors (Lipinski definition) is 1. The monoisotopic (exact) mass is 496 g/mol. The topological polar surface area (TPSA) is 84.5 Å². The molecule has 0 amide bonds. The fourth-order valence-electron chi connectivity index (χ4n) is 4.84. The first-order chi connectivity index (χ1) is 16.0. The van der Waals surface area contributed by atoms with Crippen LogP contribution in [-0.2, 0) is 21.9 Å². The first-order valence-corrected chi connectivity index (χ1v) is 15.1. The van der Waals surface area contributed by atoms with Crippen LogP contribution >= 0.6 is 0 Å². The Kier molecular flexibility index (Phi) is 7.17. The molecule has 2 aromatic rings. The molecular formula is C28H40N2O4Si. The van der Waals surface area contributed by atoms with Crippen molar-refractivity contribution in [3.63, 3.8) is 0 Å². The van der Waals surface area contributed by atoms with E-state index in [2.05, 4.69) is 60.7 Å². The minimum atomic E-state index is -1.40. The fraction of sp³-hybridized carbons (Fsp3) is 0.571. The highest BCUT2D eigenvalue weighted by molar-refractivity contribution is 6.48. The minimum Gasteiger partial charge on any atom is -0.485 e. The summed E-state index contributed by atoms with van der Waals surface area (Å²) >= 11 is 0. The zero-order chi connectivity index (χ0) is 26.5. The average Bonchev–Trinajstić information content (AvgIpc) is 2.72. The number of rotatable bonds is 4. The van der Waals surface area contributed by atoms with Gasteiger partial charge in [0.15, 0.2) is 9.04 Å². The first kappa shape index (κ1) is 27.2. The number of fused-ring (bicyclic) bond motifs is 1. The first-order valence-electron chi connectivity index (χ1n) is 12.3. The maximum Gasteiger partial charge on any atom is 0.257 e. The lowest BCUT2D eigenvalue weighted by molar-refractivity contribution is -0.0644. The quantitative estimate of drug-likeness (QED) is 0.606. The van der Waals surface area contributed by atoms with Gasteiger partial charge in [0.1, 0.15) is 17.5 Å². The molecule has 6 nitrogen and oxygen atoms in total. The van der Waals surface area contributed by atoms with E-state index in [0.29, 0.717) is 22.4 Å². The predicted molar refractivity (Wildman–Crippen MR) is 142 cm³/mol. The second-order valence-electron chi connectivity index (χ2n) is 12.4. The van der Waals surface area contributed by atoms with Crippen LogP contribution in [0.3, 0.4) is 0 Å². The van der Waals surface area contributed by atoms with Gasteiger partial charge in [0.05, 0.1) is 24.3 Å². The average molecular weight is 497 g/mol. The molecule has 1 aromatic carbocycles. The van der Waals surface area contributed by atoms with Crippen LogP contribution in [0.5, 0.6) is 5.75 Å². The SMILES string of the molecule is C[SiH](C)OCc1c(C(C)(C)C)c(C(C)(C)C)cn([C@@H]2c3cc(C#N)ccc3OC(C)(C)[C@H]2O)c1=O. The molecule has 0 unspecified atom stereocenters. The van der Waals surface area contributed by atoms with Gasteiger partial charge < -0.3 is 18.8 Å². The van der Waals surface area contributed by atoms with E-state index in [0.717, 1.165) is 11.1 Å². The molecule has 3 rings (SSSR count). The largest absolute Gasteiger partial charge is 0.485 e. The Labute approximate surface area is 211 Å². The number of hydrogen-bond acceptors (Lipinski definition) is 5. The Morgan fingerprint density at radius 2 is 1.80 bits per heavy atom. The maximum atomic E-state index is 14.2. The molecule has 0 saturated carbocycles. The van der Waals surface area contributed by atoms with E-state index in [9.17, 15) is 15.2 Å². The Morgan fingerprint density at radius 1 is 1.17 bits per heavy atom. The lowest BCUT2D eigenvalue weighted by Crippen LogP contribution is -2.52. The normalized spacial score (nSPS) is 19.7. The lowest BCUT2D eigenvalue weighted by Gasteiger charge is -2.43. The summed E-state index contributed by atoms with van der Waals surface area (Å²) in [6, 6.07) is 6.63. The van der Waals surface area contributed by atoms with Gasteiger partial charge in [-0.15, -0.1) is 0 Å². The molecule has 2 atom stereocenters. The van der Waals surface area contributed by atoms with Crippen LogP contribution in [0.15, 0.2) is 29.2 Å². The van der Waals surface area contributed by atoms with Crippen molar-refractivity contribution in [2.75, 3.05) is 0 Å². The number of pyridine rings is 1. The Bertz CT molecular complexity index is 1210. The van der Waals surface area contributed by atoms with Crippen LogP contribution in [0.2, 0.25) is 13.1 Å². The van der Waals surface area contributed by atoms with Gasteiger partial charge in [0.25, 0.3) is 5.56 Å². The van der Waals surface area contributed by atoms with Crippen LogP contribution < -0.4 is 10.3 Å². The summed E-state index contributed by atoms with van der Waals surface area (Å²) in [5, 5.41) is 21.1. The van der Waals surface area contributed by atoms with Crippen molar-refractivity contribution < 1.29 is 14.3 Å². The second kappa shape index (κ2) is 9.23. The van der Waals surface area contributed by atoms with Gasteiger partial charge in [-0.3, -0.25) is 4.79 Å². The Balaban J connectivity index is 2.44. The van der Waals surface area contributed by atoms with Crippen molar-refractivity contribution in [1.82, 2.24) is 4.57 Å². The Morgan fingerprint density at radius 3 is 2.31 bits per heavy atom. The number of benzene rings is 1. The summed E-state index contributed by atoms with van der Waals surface area (Å²) in [6.07, 6.45) is 0.903. The highest BCUT2D eigenvalue weighted by atomic mass is 28.3. The zero-order valence-corrected chi connectivity index (χ0v) is 24.0. The number of aromatic nitrogens is 1. The molecule has 35 heavy (non-hydrogen) atoms. The van der Waals surface area contributed by atoms with Crippen LogP contribution in [0.4, 0.5) is 0 Å². The van der Waals surface area contributed by atoms with E-state index < -0.39 is 26.8 Å². The van der Waals surface area contributed by atoms with E-state index in [1.54, 1.807) is 22.8 Å². The van der Waals surface area contributed by atoms with Gasteiger partial charge in [-0.05, 0) is 67.1 Å². The molecule has 1 aliphatic rings. The van der Waals surface area contributed by atoms with Gasteiger partial charge in [0.2, 0.25) is 0 Å². The molecular weight excluding hydrogens is 456 g/mol. The molecule has 1 N–H and O–H groups in total. The third kappa shape index (κ3) is 5.25. The molecule has 0 fully saturated rings. The maximum absolute atomic E-state index is 14.2. The van der Waals surface area contributed by atoms with Gasteiger partial charge in [-0.1, -0.05) is 41.5 Å². The van der Waals surface area contributed by atoms with Crippen LogP contribution in [0, 0.1) is 11.3 Å². The van der Waals surface area contributed by atoms with Crippen LogP contribution in [0.25, 0.3) is 0 Å². The van der Waals surface area contributed by atoms with E-state index in [4.69, 9.17) is 9.16 Å². The molecule has 7 heteroatoms. The summed E-state index contributed by atoms with van der Waals surface area (Å²) in [5.41, 5.74) is 2.13. The molecule has 2 heterocycles. The highest BCUT2D eigenvalue weighted by Gasteiger charge is 2.45. The number of aliphatic hydroxyl groups is 1. The van der Waals surface area contributed by atoms with Crippen molar-refractivity contribution in [1.29, 1.82) is 5.26 Å². The fourth-order valence-corrected chi connectivity index (χ4v) is 5.34. The van der Waals surface area contributed by atoms with E-state index in [1.165, 1.54) is 0 Å². The lowest BCUT2D eigenvalue weighted by atomic mass is 9.74. The second-order valence-corrected chi connectivity index (χ2v) is 14.9. The standard InChI is InChI=1S/C28H40N2O4Si/c1-26(2,3)20-15-30(25(32)19(16-33-35(9)10)22(20)27(4,5)6)23-18-13-17(14-29)11-12-21(18)34-28(7,8)24(23)31/h11-13,15,23-24,31,35H,16H2,1-10H3/t23-,24+/m1/s1. The van der Waals surface area contributed by atoms with Crippen molar-refractivity contribution >= 4 is 9.04 Å². The molecule has 1 aromatic heterocycles. The Hall–Kier alpha value is -2.40. The van der Waals surface area contributed by atoms with E-state index in [-0.39, 0.29) is 23.0 Å². The van der Waals surface area contributed by atoms with Gasteiger partial charge in [0, 0.05) is 17.3 Å². The minimum absolute atomic E-state index is 0.173. The molecule has 0 spiro atoms. The third-order valence-corrected chi connectivity index (χ3v) is 7.43. The summed E-state index contributed by atoms with van der Waals surface area (Å²) < 4.78 is 13.9. The molecule has 1 aliphatic heterocycles.